The molecule has 0 aliphatic rings. The molecule has 0 saturated carbocycles. The first kappa shape index (κ1) is 13.3. The first-order valence-corrected chi connectivity index (χ1v) is 5.73. The second kappa shape index (κ2) is 4.85. The van der Waals surface area contributed by atoms with E-state index in [-0.39, 0.29) is 10.4 Å². The van der Waals surface area contributed by atoms with Gasteiger partial charge in [0, 0.05) is 17.8 Å². The Morgan fingerprint density at radius 1 is 1.47 bits per heavy atom. The maximum Gasteiger partial charge on any atom is 0.341 e. The summed E-state index contributed by atoms with van der Waals surface area (Å²) in [5, 5.41) is 8.83. The van der Waals surface area contributed by atoms with Gasteiger partial charge in [-0.15, -0.1) is 0 Å². The predicted octanol–water partition coefficient (Wildman–Crippen LogP) is 2.98. The van der Waals surface area contributed by atoms with E-state index in [4.69, 9.17) is 16.7 Å². The van der Waals surface area contributed by atoms with E-state index in [1.54, 1.807) is 19.2 Å². The van der Waals surface area contributed by atoms with Gasteiger partial charge in [0.1, 0.15) is 11.4 Å². The highest BCUT2D eigenvalue weighted by atomic mass is 35.5. The molecule has 0 saturated heterocycles. The zero-order chi connectivity index (χ0) is 14.2. The average molecular weight is 282 g/mol. The number of nitrogens with zero attached hydrogens (tertiary/aromatic N) is 1. The molecule has 1 aromatic heterocycles. The van der Waals surface area contributed by atoms with Crippen molar-refractivity contribution < 1.29 is 14.3 Å². The Morgan fingerprint density at radius 2 is 2.16 bits per heavy atom. The molecule has 6 heteroatoms. The highest BCUT2D eigenvalue weighted by molar-refractivity contribution is 6.31. The van der Waals surface area contributed by atoms with Crippen molar-refractivity contribution in [3.63, 3.8) is 0 Å². The Labute approximate surface area is 112 Å². The summed E-state index contributed by atoms with van der Waals surface area (Å²) < 4.78 is 14.9. The van der Waals surface area contributed by atoms with E-state index < -0.39 is 22.8 Å². The summed E-state index contributed by atoms with van der Waals surface area (Å²) in [6.45, 7) is 1.73. The van der Waals surface area contributed by atoms with Crippen LogP contribution in [0.2, 0.25) is 5.02 Å². The van der Waals surface area contributed by atoms with Gasteiger partial charge in [-0.25, -0.2) is 9.18 Å². The van der Waals surface area contributed by atoms with Crippen LogP contribution in [0.5, 0.6) is 0 Å². The summed E-state index contributed by atoms with van der Waals surface area (Å²) in [5.41, 5.74) is -0.814. The van der Waals surface area contributed by atoms with Gasteiger partial charge in [-0.05, 0) is 19.1 Å². The first-order valence-electron chi connectivity index (χ1n) is 5.35. The molecule has 0 aliphatic heterocycles. The molecular formula is C13H9ClFNO3. The summed E-state index contributed by atoms with van der Waals surface area (Å²) >= 11 is 5.68. The fraction of sp³-hybridized carbons (Fsp3) is 0.0769. The van der Waals surface area contributed by atoms with Crippen LogP contribution in [-0.4, -0.2) is 15.6 Å². The first-order chi connectivity index (χ1) is 8.95. The smallest absolute Gasteiger partial charge is 0.341 e. The number of halogens is 2. The molecule has 0 spiro atoms. The third kappa shape index (κ3) is 2.24. The van der Waals surface area contributed by atoms with Gasteiger partial charge in [0.05, 0.1) is 10.5 Å². The van der Waals surface area contributed by atoms with Gasteiger partial charge in [-0.3, -0.25) is 4.79 Å². The summed E-state index contributed by atoms with van der Waals surface area (Å²) in [6.07, 6.45) is 4.40. The average Bonchev–Trinajstić information content (AvgIpc) is 2.35. The van der Waals surface area contributed by atoms with E-state index in [1.807, 2.05) is 0 Å². The van der Waals surface area contributed by atoms with Crippen molar-refractivity contribution in [1.29, 1.82) is 0 Å². The molecule has 0 bridgehead atoms. The van der Waals surface area contributed by atoms with Crippen molar-refractivity contribution in [2.75, 3.05) is 0 Å². The maximum absolute atomic E-state index is 13.4. The number of pyridine rings is 1. The van der Waals surface area contributed by atoms with E-state index in [0.29, 0.717) is 5.52 Å². The molecule has 0 atom stereocenters. The Kier molecular flexibility index (Phi) is 3.40. The number of fused-ring (bicyclic) bond motifs is 1. The molecule has 0 aliphatic carbocycles. The highest BCUT2D eigenvalue weighted by Crippen LogP contribution is 2.21. The highest BCUT2D eigenvalue weighted by Gasteiger charge is 2.15. The second-order valence-electron chi connectivity index (χ2n) is 3.85. The Morgan fingerprint density at radius 3 is 2.74 bits per heavy atom. The van der Waals surface area contributed by atoms with Crippen molar-refractivity contribution in [2.45, 2.75) is 6.92 Å². The van der Waals surface area contributed by atoms with Gasteiger partial charge in [0.15, 0.2) is 0 Å². The minimum atomic E-state index is -1.36. The molecule has 2 rings (SSSR count). The van der Waals surface area contributed by atoms with Crippen molar-refractivity contribution in [1.82, 2.24) is 4.57 Å². The molecule has 0 amide bonds. The third-order valence-electron chi connectivity index (χ3n) is 2.61. The lowest BCUT2D eigenvalue weighted by molar-refractivity contribution is 0.0695. The Bertz CT molecular complexity index is 765. The van der Waals surface area contributed by atoms with Crippen LogP contribution in [0, 0.1) is 5.82 Å². The van der Waals surface area contributed by atoms with Gasteiger partial charge in [0.25, 0.3) is 0 Å². The molecule has 1 aromatic carbocycles. The third-order valence-corrected chi connectivity index (χ3v) is 2.90. The second-order valence-corrected chi connectivity index (χ2v) is 4.26. The van der Waals surface area contributed by atoms with Crippen molar-refractivity contribution >= 4 is 34.7 Å². The van der Waals surface area contributed by atoms with E-state index in [9.17, 15) is 14.0 Å². The quantitative estimate of drug-likeness (QED) is 0.920. The fourth-order valence-corrected chi connectivity index (χ4v) is 1.94. The van der Waals surface area contributed by atoms with Crippen LogP contribution in [0.25, 0.3) is 17.1 Å². The molecular weight excluding hydrogens is 273 g/mol. The van der Waals surface area contributed by atoms with Crippen LogP contribution in [0.3, 0.4) is 0 Å². The van der Waals surface area contributed by atoms with Crippen molar-refractivity contribution in [3.8, 4) is 0 Å². The number of hydrogen-bond acceptors (Lipinski definition) is 2. The lowest BCUT2D eigenvalue weighted by Crippen LogP contribution is -2.17. The van der Waals surface area contributed by atoms with Crippen LogP contribution in [-0.2, 0) is 0 Å². The van der Waals surface area contributed by atoms with Gasteiger partial charge in [-0.2, -0.15) is 0 Å². The number of carboxylic acid groups (broad SMARTS) is 1. The van der Waals surface area contributed by atoms with Crippen molar-refractivity contribution in [2.24, 2.45) is 0 Å². The summed E-state index contributed by atoms with van der Waals surface area (Å²) in [5.74, 6) is -2.12. The molecule has 0 fully saturated rings. The molecule has 4 nitrogen and oxygen atoms in total. The number of aromatic nitrogens is 1. The molecule has 19 heavy (non-hydrogen) atoms. The maximum atomic E-state index is 13.4. The van der Waals surface area contributed by atoms with E-state index >= 15 is 0 Å². The van der Waals surface area contributed by atoms with Gasteiger partial charge in [0.2, 0.25) is 5.43 Å². The molecule has 1 heterocycles. The normalized spacial score (nSPS) is 11.3. The largest absolute Gasteiger partial charge is 0.477 e. The van der Waals surface area contributed by atoms with Crippen LogP contribution in [0.4, 0.5) is 4.39 Å². The van der Waals surface area contributed by atoms with Crippen molar-refractivity contribution in [3.05, 3.63) is 51.0 Å². The predicted molar refractivity (Wildman–Crippen MR) is 71.1 cm³/mol. The number of rotatable bonds is 2. The Hall–Kier alpha value is -2.14. The van der Waals surface area contributed by atoms with E-state index in [1.165, 1.54) is 16.8 Å². The molecule has 0 unspecified atom stereocenters. The number of hydrogen-bond donors (Lipinski definition) is 1. The zero-order valence-electron chi connectivity index (χ0n) is 9.85. The summed E-state index contributed by atoms with van der Waals surface area (Å²) in [7, 11) is 0. The van der Waals surface area contributed by atoms with E-state index in [0.717, 1.165) is 6.07 Å². The molecule has 2 aromatic rings. The molecule has 1 N–H and O–H groups in total. The van der Waals surface area contributed by atoms with Crippen LogP contribution in [0.15, 0.2) is 29.2 Å². The number of aromatic carboxylic acids is 1. The zero-order valence-corrected chi connectivity index (χ0v) is 10.6. The van der Waals surface area contributed by atoms with Crippen LogP contribution >= 0.6 is 11.6 Å². The minimum absolute atomic E-state index is 0.0279. The molecule has 98 valence electrons. The van der Waals surface area contributed by atoms with E-state index in [2.05, 4.69) is 0 Å². The van der Waals surface area contributed by atoms with Crippen LogP contribution in [0.1, 0.15) is 17.3 Å². The number of carbonyl (C=O) groups is 1. The minimum Gasteiger partial charge on any atom is -0.477 e. The lowest BCUT2D eigenvalue weighted by atomic mass is 10.1. The number of carboxylic acids is 1. The Balaban J connectivity index is 3.00. The van der Waals surface area contributed by atoms with Crippen LogP contribution < -0.4 is 5.43 Å². The summed E-state index contributed by atoms with van der Waals surface area (Å²) in [6, 6.07) is 2.24. The van der Waals surface area contributed by atoms with Gasteiger partial charge < -0.3 is 9.67 Å². The summed E-state index contributed by atoms with van der Waals surface area (Å²) in [4.78, 5) is 23.0. The van der Waals surface area contributed by atoms with Gasteiger partial charge in [-0.1, -0.05) is 17.7 Å². The topological polar surface area (TPSA) is 59.3 Å². The fourth-order valence-electron chi connectivity index (χ4n) is 1.78. The number of benzene rings is 1. The monoisotopic (exact) mass is 281 g/mol. The lowest BCUT2D eigenvalue weighted by Gasteiger charge is -2.08. The number of allylic oxidation sites excluding steroid dienone is 1. The molecule has 0 radical (unpaired) electrons. The standard InChI is InChI=1S/C13H9ClFNO3/c1-2-3-16-6-8(13(18)19)12(17)7-4-10(15)9(14)5-11(7)16/h2-6H,1H3,(H,18,19)/b3-2+. The SMILES string of the molecule is C/C=C/n1cc(C(=O)O)c(=O)c2cc(F)c(Cl)cc21. The van der Waals surface area contributed by atoms with Gasteiger partial charge >= 0.3 is 5.97 Å².